The van der Waals surface area contributed by atoms with E-state index < -0.39 is 5.97 Å². The van der Waals surface area contributed by atoms with E-state index in [0.29, 0.717) is 0 Å². The molecule has 0 atom stereocenters. The van der Waals surface area contributed by atoms with Gasteiger partial charge in [-0.25, -0.2) is 0 Å². The van der Waals surface area contributed by atoms with Crippen LogP contribution < -0.4 is 0 Å². The summed E-state index contributed by atoms with van der Waals surface area (Å²) >= 11 is 3.57. The second kappa shape index (κ2) is 11.6. The van der Waals surface area contributed by atoms with Crippen molar-refractivity contribution in [2.75, 3.05) is 23.0 Å². The SMILES string of the molecule is CCCCSCC(CSCCCC)C(=O)O. The lowest BCUT2D eigenvalue weighted by atomic mass is 10.2. The van der Waals surface area contributed by atoms with Crippen molar-refractivity contribution in [1.29, 1.82) is 0 Å². The van der Waals surface area contributed by atoms with Crippen LogP contribution in [0.3, 0.4) is 0 Å². The van der Waals surface area contributed by atoms with Crippen molar-refractivity contribution in [2.45, 2.75) is 39.5 Å². The number of hydrogen-bond acceptors (Lipinski definition) is 3. The number of carboxylic acid groups (broad SMARTS) is 1. The maximum absolute atomic E-state index is 11.0. The summed E-state index contributed by atoms with van der Waals surface area (Å²) in [5.41, 5.74) is 0. The third kappa shape index (κ3) is 9.40. The minimum Gasteiger partial charge on any atom is -0.481 e. The van der Waals surface area contributed by atoms with Crippen LogP contribution in [-0.2, 0) is 4.79 Å². The zero-order chi connectivity index (χ0) is 12.2. The van der Waals surface area contributed by atoms with E-state index in [-0.39, 0.29) is 5.92 Å². The maximum Gasteiger partial charge on any atom is 0.308 e. The molecular weight excluding hydrogens is 240 g/mol. The second-order valence-corrected chi connectivity index (χ2v) is 6.19. The standard InChI is InChI=1S/C12H24O2S2/c1-3-5-7-15-9-11(12(13)14)10-16-8-6-4-2/h11H,3-10H2,1-2H3,(H,13,14). The van der Waals surface area contributed by atoms with Crippen molar-refractivity contribution in [2.24, 2.45) is 5.92 Å². The molecule has 0 aromatic carbocycles. The van der Waals surface area contributed by atoms with Gasteiger partial charge in [0.1, 0.15) is 0 Å². The number of thioether (sulfide) groups is 2. The Labute approximate surface area is 108 Å². The molecule has 0 saturated carbocycles. The van der Waals surface area contributed by atoms with E-state index in [0.717, 1.165) is 23.0 Å². The fraction of sp³-hybridized carbons (Fsp3) is 0.917. The van der Waals surface area contributed by atoms with Gasteiger partial charge in [0.2, 0.25) is 0 Å². The van der Waals surface area contributed by atoms with Gasteiger partial charge in [0.05, 0.1) is 5.92 Å². The average Bonchev–Trinajstić information content (AvgIpc) is 2.26. The molecule has 0 aliphatic carbocycles. The van der Waals surface area contributed by atoms with Crippen molar-refractivity contribution < 1.29 is 9.90 Å². The summed E-state index contributed by atoms with van der Waals surface area (Å²) < 4.78 is 0. The summed E-state index contributed by atoms with van der Waals surface area (Å²) in [4.78, 5) is 11.0. The Morgan fingerprint density at radius 2 is 1.50 bits per heavy atom. The molecule has 16 heavy (non-hydrogen) atoms. The maximum atomic E-state index is 11.0. The molecule has 0 aliphatic heterocycles. The van der Waals surface area contributed by atoms with Gasteiger partial charge in [-0.2, -0.15) is 23.5 Å². The molecule has 0 aromatic heterocycles. The number of carbonyl (C=O) groups is 1. The van der Waals surface area contributed by atoms with Crippen LogP contribution in [0.15, 0.2) is 0 Å². The fourth-order valence-electron chi connectivity index (χ4n) is 1.13. The van der Waals surface area contributed by atoms with Crippen LogP contribution in [0.5, 0.6) is 0 Å². The molecule has 1 N–H and O–H groups in total. The normalized spacial score (nSPS) is 10.9. The Balaban J connectivity index is 3.59. The minimum absolute atomic E-state index is 0.163. The summed E-state index contributed by atoms with van der Waals surface area (Å²) in [6.07, 6.45) is 4.77. The van der Waals surface area contributed by atoms with E-state index in [1.54, 1.807) is 23.5 Å². The number of carboxylic acids is 1. The second-order valence-electron chi connectivity index (χ2n) is 3.89. The molecule has 0 aromatic rings. The van der Waals surface area contributed by atoms with Crippen molar-refractivity contribution in [3.05, 3.63) is 0 Å². The van der Waals surface area contributed by atoms with Crippen molar-refractivity contribution in [3.63, 3.8) is 0 Å². The highest BCUT2D eigenvalue weighted by Crippen LogP contribution is 2.17. The van der Waals surface area contributed by atoms with E-state index >= 15 is 0 Å². The molecule has 0 bridgehead atoms. The zero-order valence-electron chi connectivity index (χ0n) is 10.4. The summed E-state index contributed by atoms with van der Waals surface area (Å²) in [6, 6.07) is 0. The molecular formula is C12H24O2S2. The predicted octanol–water partition coefficient (Wildman–Crippen LogP) is 3.75. The first-order chi connectivity index (χ1) is 7.72. The van der Waals surface area contributed by atoms with Crippen LogP contribution in [0, 0.1) is 5.92 Å². The highest BCUT2D eigenvalue weighted by molar-refractivity contribution is 8.00. The monoisotopic (exact) mass is 264 g/mol. The molecule has 0 saturated heterocycles. The highest BCUT2D eigenvalue weighted by atomic mass is 32.2. The molecule has 4 heteroatoms. The number of unbranched alkanes of at least 4 members (excludes halogenated alkanes) is 2. The largest absolute Gasteiger partial charge is 0.481 e. The van der Waals surface area contributed by atoms with E-state index in [1.165, 1.54) is 25.7 Å². The Hall–Kier alpha value is 0.170. The molecule has 0 fully saturated rings. The van der Waals surface area contributed by atoms with E-state index in [2.05, 4.69) is 13.8 Å². The quantitative estimate of drug-likeness (QED) is 0.577. The van der Waals surface area contributed by atoms with Gasteiger partial charge < -0.3 is 5.11 Å². The summed E-state index contributed by atoms with van der Waals surface area (Å²) in [5, 5.41) is 9.06. The molecule has 0 radical (unpaired) electrons. The number of hydrogen-bond donors (Lipinski definition) is 1. The van der Waals surface area contributed by atoms with Gasteiger partial charge in [0.25, 0.3) is 0 Å². The lowest BCUT2D eigenvalue weighted by molar-refractivity contribution is -0.140. The summed E-state index contributed by atoms with van der Waals surface area (Å²) in [7, 11) is 0. The molecule has 0 rings (SSSR count). The molecule has 0 spiro atoms. The van der Waals surface area contributed by atoms with E-state index in [1.807, 2.05) is 0 Å². The van der Waals surface area contributed by atoms with E-state index in [4.69, 9.17) is 5.11 Å². The fourth-order valence-corrected chi connectivity index (χ4v) is 3.69. The van der Waals surface area contributed by atoms with Crippen LogP contribution in [0.1, 0.15) is 39.5 Å². The number of rotatable bonds is 11. The van der Waals surface area contributed by atoms with Crippen LogP contribution in [0.4, 0.5) is 0 Å². The van der Waals surface area contributed by atoms with Crippen LogP contribution in [0.2, 0.25) is 0 Å². The first kappa shape index (κ1) is 16.2. The number of aliphatic carboxylic acids is 1. The first-order valence-electron chi connectivity index (χ1n) is 6.10. The molecule has 0 amide bonds. The third-order valence-electron chi connectivity index (χ3n) is 2.27. The first-order valence-corrected chi connectivity index (χ1v) is 8.41. The minimum atomic E-state index is -0.631. The zero-order valence-corrected chi connectivity index (χ0v) is 12.0. The van der Waals surface area contributed by atoms with Gasteiger partial charge in [-0.3, -0.25) is 4.79 Å². The van der Waals surface area contributed by atoms with Crippen LogP contribution in [0.25, 0.3) is 0 Å². The highest BCUT2D eigenvalue weighted by Gasteiger charge is 2.16. The van der Waals surface area contributed by atoms with Gasteiger partial charge in [-0.15, -0.1) is 0 Å². The van der Waals surface area contributed by atoms with Crippen molar-refractivity contribution in [1.82, 2.24) is 0 Å². The molecule has 0 aliphatic rings. The predicted molar refractivity (Wildman–Crippen MR) is 75.6 cm³/mol. The third-order valence-corrected chi connectivity index (χ3v) is 4.70. The summed E-state index contributed by atoms with van der Waals surface area (Å²) in [5.74, 6) is 2.94. The van der Waals surface area contributed by atoms with Gasteiger partial charge in [0.15, 0.2) is 0 Å². The Kier molecular flexibility index (Phi) is 11.8. The van der Waals surface area contributed by atoms with Crippen LogP contribution >= 0.6 is 23.5 Å². The average molecular weight is 264 g/mol. The molecule has 0 heterocycles. The Bertz CT molecular complexity index is 162. The lowest BCUT2D eigenvalue weighted by Gasteiger charge is -2.11. The Morgan fingerprint density at radius 1 is 1.06 bits per heavy atom. The van der Waals surface area contributed by atoms with Gasteiger partial charge in [0, 0.05) is 11.5 Å². The molecule has 0 unspecified atom stereocenters. The van der Waals surface area contributed by atoms with Gasteiger partial charge in [-0.1, -0.05) is 26.7 Å². The van der Waals surface area contributed by atoms with E-state index in [9.17, 15) is 4.79 Å². The summed E-state index contributed by atoms with van der Waals surface area (Å²) in [6.45, 7) is 4.33. The Morgan fingerprint density at radius 3 is 1.81 bits per heavy atom. The van der Waals surface area contributed by atoms with Gasteiger partial charge >= 0.3 is 5.97 Å². The van der Waals surface area contributed by atoms with Gasteiger partial charge in [-0.05, 0) is 24.3 Å². The topological polar surface area (TPSA) is 37.3 Å². The molecule has 2 nitrogen and oxygen atoms in total. The van der Waals surface area contributed by atoms with Crippen molar-refractivity contribution in [3.8, 4) is 0 Å². The van der Waals surface area contributed by atoms with Crippen molar-refractivity contribution >= 4 is 29.5 Å². The molecule has 96 valence electrons. The lowest BCUT2D eigenvalue weighted by Crippen LogP contribution is -2.19. The van der Waals surface area contributed by atoms with Crippen LogP contribution in [-0.4, -0.2) is 34.1 Å². The smallest absolute Gasteiger partial charge is 0.308 e.